The minimum Gasteiger partial charge on any atom is -0.482 e. The number of halogens is 1. The van der Waals surface area contributed by atoms with E-state index in [-0.39, 0.29) is 18.6 Å². The van der Waals surface area contributed by atoms with Crippen LogP contribution >= 0.6 is 11.6 Å². The van der Waals surface area contributed by atoms with E-state index in [9.17, 15) is 4.79 Å². The van der Waals surface area contributed by atoms with Crippen LogP contribution in [0, 0.1) is 0 Å². The lowest BCUT2D eigenvalue weighted by Gasteiger charge is -2.20. The number of para-hydroxylation sites is 1. The Bertz CT molecular complexity index is 445. The zero-order valence-electron chi connectivity index (χ0n) is 12.4. The Morgan fingerprint density at radius 2 is 2.05 bits per heavy atom. The number of carbonyl (C=O) groups excluding carboxylic acids is 1. The second-order valence-corrected chi connectivity index (χ2v) is 5.17. The monoisotopic (exact) mass is 298 g/mol. The van der Waals surface area contributed by atoms with Crippen molar-refractivity contribution in [2.75, 3.05) is 19.7 Å². The molecular formula is C15H23ClN2O2. The molecule has 0 spiro atoms. The molecule has 1 atom stereocenters. The molecule has 0 heterocycles. The van der Waals surface area contributed by atoms with Gasteiger partial charge in [-0.3, -0.25) is 4.79 Å². The number of likely N-dealkylation sites (N-methyl/N-ethyl adjacent to an activating group) is 1. The van der Waals surface area contributed by atoms with Crippen molar-refractivity contribution in [3.8, 4) is 5.75 Å². The van der Waals surface area contributed by atoms with E-state index in [2.05, 4.69) is 0 Å². The number of hydrogen-bond acceptors (Lipinski definition) is 3. The first-order valence-electron chi connectivity index (χ1n) is 6.93. The molecule has 0 bridgehead atoms. The Balaban J connectivity index is 2.78. The van der Waals surface area contributed by atoms with E-state index in [0.29, 0.717) is 30.3 Å². The van der Waals surface area contributed by atoms with Gasteiger partial charge in [-0.15, -0.1) is 0 Å². The predicted octanol–water partition coefficient (Wildman–Crippen LogP) is 2.48. The molecule has 20 heavy (non-hydrogen) atoms. The van der Waals surface area contributed by atoms with Crippen molar-refractivity contribution < 1.29 is 9.53 Å². The summed E-state index contributed by atoms with van der Waals surface area (Å²) < 4.78 is 5.64. The lowest BCUT2D eigenvalue weighted by molar-refractivity contribution is -0.132. The predicted molar refractivity (Wildman–Crippen MR) is 82.2 cm³/mol. The van der Waals surface area contributed by atoms with Gasteiger partial charge in [0.05, 0.1) is 5.02 Å². The normalized spacial score (nSPS) is 12.1. The van der Waals surface area contributed by atoms with E-state index in [1.807, 2.05) is 32.9 Å². The number of benzene rings is 1. The number of nitrogens with zero attached hydrogens (tertiary/aromatic N) is 1. The molecular weight excluding hydrogens is 276 g/mol. The maximum atomic E-state index is 12.0. The van der Waals surface area contributed by atoms with Crippen LogP contribution in [-0.4, -0.2) is 36.5 Å². The Morgan fingerprint density at radius 3 is 2.60 bits per heavy atom. The van der Waals surface area contributed by atoms with Crippen LogP contribution in [0.3, 0.4) is 0 Å². The van der Waals surface area contributed by atoms with E-state index in [1.54, 1.807) is 11.0 Å². The van der Waals surface area contributed by atoms with Gasteiger partial charge in [-0.1, -0.05) is 23.7 Å². The molecule has 0 fully saturated rings. The summed E-state index contributed by atoms with van der Waals surface area (Å²) in [6, 6.07) is 5.55. The van der Waals surface area contributed by atoms with Crippen LogP contribution in [0.5, 0.6) is 5.75 Å². The summed E-state index contributed by atoms with van der Waals surface area (Å²) in [5.74, 6) is 0.522. The molecule has 0 saturated heterocycles. The quantitative estimate of drug-likeness (QED) is 0.841. The van der Waals surface area contributed by atoms with Gasteiger partial charge in [-0.25, -0.2) is 0 Å². The molecule has 0 aliphatic carbocycles. The number of nitrogens with two attached hydrogens (primary N) is 1. The van der Waals surface area contributed by atoms with Gasteiger partial charge < -0.3 is 15.4 Å². The fourth-order valence-corrected chi connectivity index (χ4v) is 2.27. The van der Waals surface area contributed by atoms with Gasteiger partial charge in [0.1, 0.15) is 5.75 Å². The molecule has 4 nitrogen and oxygen atoms in total. The molecule has 0 aliphatic heterocycles. The lowest BCUT2D eigenvalue weighted by atomic mass is 10.1. The van der Waals surface area contributed by atoms with Gasteiger partial charge in [-0.2, -0.15) is 0 Å². The summed E-state index contributed by atoms with van der Waals surface area (Å²) in [6.07, 6.45) is 0.662. The number of ether oxygens (including phenoxy) is 1. The van der Waals surface area contributed by atoms with Gasteiger partial charge in [0, 0.05) is 19.1 Å². The highest BCUT2D eigenvalue weighted by molar-refractivity contribution is 6.32. The topological polar surface area (TPSA) is 55.6 Å². The Labute approximate surface area is 125 Å². The Morgan fingerprint density at radius 1 is 1.40 bits per heavy atom. The van der Waals surface area contributed by atoms with Crippen LogP contribution in [0.4, 0.5) is 0 Å². The number of hydrogen-bond donors (Lipinski definition) is 1. The van der Waals surface area contributed by atoms with Gasteiger partial charge in [0.25, 0.3) is 5.91 Å². The largest absolute Gasteiger partial charge is 0.482 e. The summed E-state index contributed by atoms with van der Waals surface area (Å²) in [6.45, 7) is 7.15. The third kappa shape index (κ3) is 4.69. The first kappa shape index (κ1) is 16.8. The smallest absolute Gasteiger partial charge is 0.260 e. The first-order chi connectivity index (χ1) is 9.49. The van der Waals surface area contributed by atoms with Crippen molar-refractivity contribution in [2.45, 2.75) is 33.2 Å². The fraction of sp³-hybridized carbons (Fsp3) is 0.533. The van der Waals surface area contributed by atoms with Crippen LogP contribution < -0.4 is 10.5 Å². The summed E-state index contributed by atoms with van der Waals surface area (Å²) in [5, 5.41) is 0.510. The van der Waals surface area contributed by atoms with Crippen LogP contribution in [0.2, 0.25) is 5.02 Å². The third-order valence-corrected chi connectivity index (χ3v) is 3.34. The van der Waals surface area contributed by atoms with Crippen molar-refractivity contribution in [3.63, 3.8) is 0 Å². The summed E-state index contributed by atoms with van der Waals surface area (Å²) in [7, 11) is 0. The molecule has 1 amide bonds. The summed E-state index contributed by atoms with van der Waals surface area (Å²) >= 11 is 6.15. The minimum atomic E-state index is -0.0401. The van der Waals surface area contributed by atoms with E-state index in [0.717, 1.165) is 5.56 Å². The molecule has 112 valence electrons. The first-order valence-corrected chi connectivity index (χ1v) is 7.30. The van der Waals surface area contributed by atoms with Gasteiger partial charge >= 0.3 is 0 Å². The third-order valence-electron chi connectivity index (χ3n) is 3.05. The van der Waals surface area contributed by atoms with E-state index < -0.39 is 0 Å². The number of amides is 1. The van der Waals surface area contributed by atoms with Crippen molar-refractivity contribution in [3.05, 3.63) is 28.8 Å². The molecule has 1 aromatic rings. The maximum absolute atomic E-state index is 12.0. The van der Waals surface area contributed by atoms with Crippen molar-refractivity contribution in [1.29, 1.82) is 0 Å². The highest BCUT2D eigenvalue weighted by Gasteiger charge is 2.14. The number of rotatable bonds is 7. The van der Waals surface area contributed by atoms with Crippen LogP contribution in [0.1, 0.15) is 26.3 Å². The fourth-order valence-electron chi connectivity index (χ4n) is 2.02. The average Bonchev–Trinajstić information content (AvgIpc) is 2.38. The highest BCUT2D eigenvalue weighted by atomic mass is 35.5. The van der Waals surface area contributed by atoms with Gasteiger partial charge in [0.2, 0.25) is 0 Å². The van der Waals surface area contributed by atoms with Crippen LogP contribution in [0.25, 0.3) is 0 Å². The Hall–Kier alpha value is -1.26. The number of carbonyl (C=O) groups is 1. The summed E-state index contributed by atoms with van der Waals surface area (Å²) in [4.78, 5) is 13.7. The SMILES string of the molecule is CCN(CC)C(=O)COc1c(Cl)cccc1CC(C)N. The molecule has 2 N–H and O–H groups in total. The average molecular weight is 299 g/mol. The lowest BCUT2D eigenvalue weighted by Crippen LogP contribution is -2.34. The molecule has 0 saturated carbocycles. The minimum absolute atomic E-state index is 0.00261. The molecule has 5 heteroatoms. The summed E-state index contributed by atoms with van der Waals surface area (Å²) in [5.41, 5.74) is 6.75. The van der Waals surface area contributed by atoms with E-state index in [4.69, 9.17) is 22.1 Å². The second kappa shape index (κ2) is 8.12. The standard InChI is InChI=1S/C15H23ClN2O2/c1-4-18(5-2)14(19)10-20-15-12(9-11(3)17)7-6-8-13(15)16/h6-8,11H,4-5,9-10,17H2,1-3H3. The maximum Gasteiger partial charge on any atom is 0.260 e. The van der Waals surface area contributed by atoms with Crippen molar-refractivity contribution in [2.24, 2.45) is 5.73 Å². The van der Waals surface area contributed by atoms with Crippen molar-refractivity contribution >= 4 is 17.5 Å². The molecule has 0 aromatic heterocycles. The molecule has 0 aliphatic rings. The van der Waals surface area contributed by atoms with E-state index >= 15 is 0 Å². The van der Waals surface area contributed by atoms with Crippen LogP contribution in [0.15, 0.2) is 18.2 Å². The van der Waals surface area contributed by atoms with Gasteiger partial charge in [-0.05, 0) is 38.8 Å². The van der Waals surface area contributed by atoms with E-state index in [1.165, 1.54) is 0 Å². The second-order valence-electron chi connectivity index (χ2n) is 4.76. The molecule has 0 radical (unpaired) electrons. The molecule has 1 unspecified atom stereocenters. The Kier molecular flexibility index (Phi) is 6.82. The zero-order valence-corrected chi connectivity index (χ0v) is 13.1. The molecule has 1 rings (SSSR count). The highest BCUT2D eigenvalue weighted by Crippen LogP contribution is 2.29. The van der Waals surface area contributed by atoms with Gasteiger partial charge in [0.15, 0.2) is 6.61 Å². The molecule has 1 aromatic carbocycles. The van der Waals surface area contributed by atoms with Crippen LogP contribution in [-0.2, 0) is 11.2 Å². The zero-order chi connectivity index (χ0) is 15.1. The van der Waals surface area contributed by atoms with Crippen molar-refractivity contribution in [1.82, 2.24) is 4.90 Å².